The second-order valence-corrected chi connectivity index (χ2v) is 5.29. The van der Waals surface area contributed by atoms with Crippen LogP contribution in [0, 0.1) is 5.92 Å². The number of carboxylic acid groups (broad SMARTS) is 1. The molecule has 1 atom stereocenters. The van der Waals surface area contributed by atoms with Crippen molar-refractivity contribution in [2.45, 2.75) is 31.2 Å². The summed E-state index contributed by atoms with van der Waals surface area (Å²) in [6.45, 7) is 2.05. The number of nitrogens with two attached hydrogens (primary N) is 1. The number of carbonyl (C=O) groups excluding carboxylic acids is 1. The molecule has 2 aliphatic rings. The van der Waals surface area contributed by atoms with Gasteiger partial charge in [0, 0.05) is 26.1 Å². The maximum absolute atomic E-state index is 12.3. The molecule has 2 aliphatic heterocycles. The Morgan fingerprint density at radius 2 is 2.06 bits per heavy atom. The number of carboxylic acids is 1. The Balaban J connectivity index is 1.86. The molecule has 18 heavy (non-hydrogen) atoms. The van der Waals surface area contributed by atoms with Crippen LogP contribution in [0.3, 0.4) is 0 Å². The van der Waals surface area contributed by atoms with E-state index >= 15 is 0 Å². The van der Waals surface area contributed by atoms with Gasteiger partial charge < -0.3 is 20.5 Å². The summed E-state index contributed by atoms with van der Waals surface area (Å²) >= 11 is 0. The fraction of sp³-hybridized carbons (Fsp3) is 0.833. The zero-order valence-corrected chi connectivity index (χ0v) is 10.4. The maximum Gasteiger partial charge on any atom is 0.303 e. The minimum Gasteiger partial charge on any atom is -0.481 e. The fourth-order valence-corrected chi connectivity index (χ4v) is 2.65. The molecule has 1 amide bonds. The second kappa shape index (κ2) is 5.24. The standard InChI is InChI=1S/C12H20N2O4/c13-12(3-6-18-8-12)11(17)14-4-1-9(2-5-14)7-10(15)16/h9H,1-8,13H2,(H,15,16). The number of rotatable bonds is 3. The van der Waals surface area contributed by atoms with Crippen molar-refractivity contribution in [3.05, 3.63) is 0 Å². The average Bonchev–Trinajstić information content (AvgIpc) is 2.77. The third-order valence-corrected chi connectivity index (χ3v) is 3.84. The predicted molar refractivity (Wildman–Crippen MR) is 63.9 cm³/mol. The molecule has 0 radical (unpaired) electrons. The van der Waals surface area contributed by atoms with Crippen molar-refractivity contribution in [2.75, 3.05) is 26.3 Å². The molecule has 3 N–H and O–H groups in total. The minimum atomic E-state index is -0.861. The Morgan fingerprint density at radius 3 is 2.56 bits per heavy atom. The summed E-state index contributed by atoms with van der Waals surface area (Å²) in [6, 6.07) is 0. The SMILES string of the molecule is NC1(C(=O)N2CCC(CC(=O)O)CC2)CCOC1. The molecule has 6 nitrogen and oxygen atoms in total. The van der Waals surface area contributed by atoms with E-state index in [9.17, 15) is 9.59 Å². The molecule has 2 rings (SSSR count). The Hall–Kier alpha value is -1.14. The van der Waals surface area contributed by atoms with Gasteiger partial charge >= 0.3 is 5.97 Å². The summed E-state index contributed by atoms with van der Waals surface area (Å²) < 4.78 is 5.20. The molecule has 1 unspecified atom stereocenters. The number of piperidine rings is 1. The summed E-state index contributed by atoms with van der Waals surface area (Å²) in [5.74, 6) is -0.631. The Bertz CT molecular complexity index is 331. The average molecular weight is 256 g/mol. The largest absolute Gasteiger partial charge is 0.481 e. The first kappa shape index (κ1) is 13.3. The molecule has 0 aromatic rings. The third kappa shape index (κ3) is 2.81. The summed E-state index contributed by atoms with van der Waals surface area (Å²) in [5, 5.41) is 8.74. The summed E-state index contributed by atoms with van der Waals surface area (Å²) in [6.07, 6.45) is 2.25. The Morgan fingerprint density at radius 1 is 1.39 bits per heavy atom. The van der Waals surface area contributed by atoms with Crippen molar-refractivity contribution >= 4 is 11.9 Å². The zero-order chi connectivity index (χ0) is 13.2. The topological polar surface area (TPSA) is 92.9 Å². The van der Waals surface area contributed by atoms with Crippen LogP contribution in [-0.4, -0.2) is 53.7 Å². The van der Waals surface area contributed by atoms with Crippen LogP contribution in [0.1, 0.15) is 25.7 Å². The predicted octanol–water partition coefficient (Wildman–Crippen LogP) is -0.182. The first-order valence-corrected chi connectivity index (χ1v) is 6.39. The van der Waals surface area contributed by atoms with Gasteiger partial charge in [0.05, 0.1) is 6.61 Å². The van der Waals surface area contributed by atoms with E-state index in [0.717, 1.165) is 12.8 Å². The molecule has 2 heterocycles. The highest BCUT2D eigenvalue weighted by Gasteiger charge is 2.41. The molecular formula is C12H20N2O4. The van der Waals surface area contributed by atoms with Gasteiger partial charge in [0.2, 0.25) is 5.91 Å². The highest BCUT2D eigenvalue weighted by atomic mass is 16.5. The first-order chi connectivity index (χ1) is 8.51. The molecule has 0 bridgehead atoms. The second-order valence-electron chi connectivity index (χ2n) is 5.29. The van der Waals surface area contributed by atoms with E-state index in [1.165, 1.54) is 0 Å². The lowest BCUT2D eigenvalue weighted by atomic mass is 9.91. The molecule has 0 spiro atoms. The molecule has 102 valence electrons. The van der Waals surface area contributed by atoms with Gasteiger partial charge in [-0.1, -0.05) is 0 Å². The number of hydrogen-bond donors (Lipinski definition) is 2. The Kier molecular flexibility index (Phi) is 3.87. The third-order valence-electron chi connectivity index (χ3n) is 3.84. The van der Waals surface area contributed by atoms with Gasteiger partial charge in [-0.15, -0.1) is 0 Å². The number of ether oxygens (including phenoxy) is 1. The fourth-order valence-electron chi connectivity index (χ4n) is 2.65. The van der Waals surface area contributed by atoms with Crippen molar-refractivity contribution in [3.8, 4) is 0 Å². The summed E-state index contributed by atoms with van der Waals surface area (Å²) in [5.41, 5.74) is 5.18. The van der Waals surface area contributed by atoms with Crippen LogP contribution in [-0.2, 0) is 14.3 Å². The van der Waals surface area contributed by atoms with Gasteiger partial charge in [0.15, 0.2) is 0 Å². The van der Waals surface area contributed by atoms with Crippen LogP contribution in [0.2, 0.25) is 0 Å². The van der Waals surface area contributed by atoms with Crippen LogP contribution in [0.15, 0.2) is 0 Å². The van der Waals surface area contributed by atoms with E-state index in [1.807, 2.05) is 0 Å². The van der Waals surface area contributed by atoms with Gasteiger partial charge in [0.1, 0.15) is 5.54 Å². The van der Waals surface area contributed by atoms with Crippen LogP contribution >= 0.6 is 0 Å². The number of amides is 1. The molecule has 2 fully saturated rings. The molecule has 0 saturated carbocycles. The molecular weight excluding hydrogens is 236 g/mol. The number of likely N-dealkylation sites (tertiary alicyclic amines) is 1. The van der Waals surface area contributed by atoms with Crippen LogP contribution < -0.4 is 5.73 Å². The van der Waals surface area contributed by atoms with E-state index in [4.69, 9.17) is 15.6 Å². The zero-order valence-electron chi connectivity index (χ0n) is 10.4. The molecule has 6 heteroatoms. The van der Waals surface area contributed by atoms with Crippen molar-refractivity contribution in [3.63, 3.8) is 0 Å². The summed E-state index contributed by atoms with van der Waals surface area (Å²) in [4.78, 5) is 24.6. The quantitative estimate of drug-likeness (QED) is 0.730. The lowest BCUT2D eigenvalue weighted by Gasteiger charge is -2.35. The summed E-state index contributed by atoms with van der Waals surface area (Å²) in [7, 11) is 0. The van der Waals surface area contributed by atoms with E-state index in [2.05, 4.69) is 0 Å². The van der Waals surface area contributed by atoms with E-state index < -0.39 is 11.5 Å². The van der Waals surface area contributed by atoms with Gasteiger partial charge in [-0.2, -0.15) is 0 Å². The van der Waals surface area contributed by atoms with Gasteiger partial charge in [-0.3, -0.25) is 9.59 Å². The first-order valence-electron chi connectivity index (χ1n) is 6.39. The molecule has 2 saturated heterocycles. The number of carbonyl (C=O) groups is 2. The van der Waals surface area contributed by atoms with Gasteiger partial charge in [-0.25, -0.2) is 0 Å². The van der Waals surface area contributed by atoms with Crippen LogP contribution in [0.5, 0.6) is 0 Å². The lowest BCUT2D eigenvalue weighted by Crippen LogP contribution is -2.57. The van der Waals surface area contributed by atoms with E-state index in [0.29, 0.717) is 32.7 Å². The highest BCUT2D eigenvalue weighted by molar-refractivity contribution is 5.86. The highest BCUT2D eigenvalue weighted by Crippen LogP contribution is 2.24. The molecule has 0 aromatic carbocycles. The van der Waals surface area contributed by atoms with Crippen LogP contribution in [0.4, 0.5) is 0 Å². The molecule has 0 aromatic heterocycles. The van der Waals surface area contributed by atoms with Crippen molar-refractivity contribution in [2.24, 2.45) is 11.7 Å². The number of nitrogens with zero attached hydrogens (tertiary/aromatic N) is 1. The Labute approximate surface area is 106 Å². The van der Waals surface area contributed by atoms with E-state index in [1.54, 1.807) is 4.90 Å². The van der Waals surface area contributed by atoms with E-state index in [-0.39, 0.29) is 18.2 Å². The smallest absolute Gasteiger partial charge is 0.303 e. The van der Waals surface area contributed by atoms with Gasteiger partial charge in [0.25, 0.3) is 0 Å². The van der Waals surface area contributed by atoms with Crippen molar-refractivity contribution in [1.29, 1.82) is 0 Å². The van der Waals surface area contributed by atoms with Crippen molar-refractivity contribution < 1.29 is 19.4 Å². The van der Waals surface area contributed by atoms with Gasteiger partial charge in [-0.05, 0) is 25.2 Å². The lowest BCUT2D eigenvalue weighted by molar-refractivity contribution is -0.140. The monoisotopic (exact) mass is 256 g/mol. The number of hydrogen-bond acceptors (Lipinski definition) is 4. The molecule has 0 aliphatic carbocycles. The maximum atomic E-state index is 12.3. The minimum absolute atomic E-state index is 0.0474. The van der Waals surface area contributed by atoms with Crippen molar-refractivity contribution in [1.82, 2.24) is 4.90 Å². The van der Waals surface area contributed by atoms with Crippen LogP contribution in [0.25, 0.3) is 0 Å². The normalized spacial score (nSPS) is 29.5. The number of aliphatic carboxylic acids is 1.